The largest absolute Gasteiger partial charge is 0.450 e. The van der Waals surface area contributed by atoms with Crippen molar-refractivity contribution in [3.8, 4) is 0 Å². The number of piperazine rings is 1. The number of nitrogens with one attached hydrogen (secondary N) is 1. The molecule has 1 unspecified atom stereocenters. The fraction of sp³-hybridized carbons (Fsp3) is 0.385. The van der Waals surface area contributed by atoms with Crippen LogP contribution >= 0.6 is 15.9 Å². The van der Waals surface area contributed by atoms with Crippen molar-refractivity contribution in [2.24, 2.45) is 0 Å². The smallest absolute Gasteiger partial charge is 0.247 e. The number of rotatable bonds is 3. The van der Waals surface area contributed by atoms with E-state index in [1.54, 1.807) is 23.1 Å². The highest BCUT2D eigenvalue weighted by Gasteiger charge is 2.30. The van der Waals surface area contributed by atoms with Crippen LogP contribution in [0.3, 0.4) is 0 Å². The molecule has 2 amide bonds. The number of carbonyl (C=O) groups is 2. The summed E-state index contributed by atoms with van der Waals surface area (Å²) in [5, 5.41) is 2.76. The van der Waals surface area contributed by atoms with Gasteiger partial charge in [-0.25, -0.2) is 0 Å². The molecule has 1 N–H and O–H groups in total. The van der Waals surface area contributed by atoms with Gasteiger partial charge in [-0.15, -0.1) is 0 Å². The molecule has 1 aliphatic heterocycles. The van der Waals surface area contributed by atoms with Crippen molar-refractivity contribution in [3.05, 3.63) is 28.6 Å². The molecule has 102 valence electrons. The molecule has 1 fully saturated rings. The summed E-state index contributed by atoms with van der Waals surface area (Å²) < 4.78 is 5.89. The van der Waals surface area contributed by atoms with E-state index in [0.29, 0.717) is 29.9 Å². The third-order valence-corrected chi connectivity index (χ3v) is 3.41. The lowest BCUT2D eigenvalue weighted by molar-refractivity contribution is -0.140. The zero-order valence-corrected chi connectivity index (χ0v) is 12.1. The van der Waals surface area contributed by atoms with E-state index in [1.807, 2.05) is 6.92 Å². The van der Waals surface area contributed by atoms with Crippen LogP contribution in [-0.2, 0) is 9.59 Å². The van der Waals surface area contributed by atoms with Gasteiger partial charge in [-0.1, -0.05) is 6.92 Å². The van der Waals surface area contributed by atoms with E-state index in [9.17, 15) is 9.59 Å². The predicted molar refractivity (Wildman–Crippen MR) is 74.2 cm³/mol. The summed E-state index contributed by atoms with van der Waals surface area (Å²) in [5.74, 6) is 0.334. The van der Waals surface area contributed by atoms with Crippen LogP contribution in [0.15, 0.2) is 27.3 Å². The lowest BCUT2D eigenvalue weighted by Gasteiger charge is -2.33. The maximum Gasteiger partial charge on any atom is 0.247 e. The van der Waals surface area contributed by atoms with Crippen molar-refractivity contribution in [1.82, 2.24) is 10.2 Å². The molecule has 1 atom stereocenters. The second kappa shape index (κ2) is 6.06. The normalized spacial score (nSPS) is 19.8. The van der Waals surface area contributed by atoms with Crippen molar-refractivity contribution in [3.63, 3.8) is 0 Å². The summed E-state index contributed by atoms with van der Waals surface area (Å²) in [6.07, 6.45) is 3.65. The van der Waals surface area contributed by atoms with E-state index in [-0.39, 0.29) is 17.9 Å². The molecular formula is C13H15BrN2O3. The molecule has 0 aliphatic carbocycles. The molecule has 6 heteroatoms. The highest BCUT2D eigenvalue weighted by Crippen LogP contribution is 2.16. The fourth-order valence-corrected chi connectivity index (χ4v) is 2.37. The van der Waals surface area contributed by atoms with Crippen LogP contribution in [-0.4, -0.2) is 35.8 Å². The minimum Gasteiger partial charge on any atom is -0.450 e. The van der Waals surface area contributed by atoms with Crippen molar-refractivity contribution in [2.75, 3.05) is 13.1 Å². The lowest BCUT2D eigenvalue weighted by atomic mass is 10.1. The molecule has 0 radical (unpaired) electrons. The lowest BCUT2D eigenvalue weighted by Crippen LogP contribution is -2.56. The summed E-state index contributed by atoms with van der Waals surface area (Å²) in [5.41, 5.74) is 0. The summed E-state index contributed by atoms with van der Waals surface area (Å²) in [6, 6.07) is 3.13. The average molecular weight is 327 g/mol. The second-order valence-electron chi connectivity index (χ2n) is 4.22. The van der Waals surface area contributed by atoms with Gasteiger partial charge in [0.2, 0.25) is 11.8 Å². The van der Waals surface area contributed by atoms with E-state index < -0.39 is 0 Å². The number of hydrogen-bond donors (Lipinski definition) is 1. The molecule has 0 aromatic carbocycles. The van der Waals surface area contributed by atoms with Crippen LogP contribution in [0.2, 0.25) is 0 Å². The van der Waals surface area contributed by atoms with Gasteiger partial charge in [0.25, 0.3) is 0 Å². The number of halogens is 1. The van der Waals surface area contributed by atoms with E-state index in [4.69, 9.17) is 4.42 Å². The van der Waals surface area contributed by atoms with Crippen molar-refractivity contribution < 1.29 is 14.0 Å². The van der Waals surface area contributed by atoms with E-state index in [2.05, 4.69) is 21.2 Å². The topological polar surface area (TPSA) is 62.6 Å². The minimum atomic E-state index is -0.380. The number of furan rings is 1. The molecule has 2 heterocycles. The Hall–Kier alpha value is -1.56. The van der Waals surface area contributed by atoms with Crippen molar-refractivity contribution >= 4 is 33.8 Å². The maximum atomic E-state index is 12.1. The minimum absolute atomic E-state index is 0.0868. The third-order valence-electron chi connectivity index (χ3n) is 2.98. The Morgan fingerprint density at radius 1 is 1.63 bits per heavy atom. The molecule has 0 bridgehead atoms. The first-order valence-corrected chi connectivity index (χ1v) is 6.93. The highest BCUT2D eigenvalue weighted by molar-refractivity contribution is 9.10. The highest BCUT2D eigenvalue weighted by atomic mass is 79.9. The van der Waals surface area contributed by atoms with E-state index in [0.717, 1.165) is 0 Å². The standard InChI is InChI=1S/C13H15BrN2O3/c1-2-10-13(18)15-7-8-16(10)12(17)6-4-9-3-5-11(14)19-9/h3-6,10H,2,7-8H2,1H3,(H,15,18). The predicted octanol–water partition coefficient (Wildman–Crippen LogP) is 1.79. The van der Waals surface area contributed by atoms with Gasteiger partial charge in [0.15, 0.2) is 4.67 Å². The first-order valence-electron chi connectivity index (χ1n) is 6.13. The van der Waals surface area contributed by atoms with Gasteiger partial charge in [0, 0.05) is 19.2 Å². The Labute approximate surface area is 119 Å². The molecule has 1 aromatic heterocycles. The molecule has 1 aliphatic rings. The Balaban J connectivity index is 2.06. The Kier molecular flexibility index (Phi) is 4.42. The zero-order chi connectivity index (χ0) is 13.8. The number of nitrogens with zero attached hydrogens (tertiary/aromatic N) is 1. The number of amides is 2. The average Bonchev–Trinajstić information content (AvgIpc) is 2.81. The Morgan fingerprint density at radius 3 is 3.05 bits per heavy atom. The summed E-state index contributed by atoms with van der Waals surface area (Å²) >= 11 is 3.20. The monoisotopic (exact) mass is 326 g/mol. The van der Waals surface area contributed by atoms with Crippen LogP contribution in [0.5, 0.6) is 0 Å². The molecule has 5 nitrogen and oxygen atoms in total. The van der Waals surface area contributed by atoms with Gasteiger partial charge in [0.05, 0.1) is 0 Å². The SMILES string of the molecule is CCC1C(=O)NCCN1C(=O)C=Cc1ccc(Br)o1. The van der Waals surface area contributed by atoms with Crippen LogP contribution < -0.4 is 5.32 Å². The van der Waals surface area contributed by atoms with E-state index >= 15 is 0 Å². The van der Waals surface area contributed by atoms with Gasteiger partial charge >= 0.3 is 0 Å². The van der Waals surface area contributed by atoms with Gasteiger partial charge in [-0.05, 0) is 40.6 Å². The molecule has 0 saturated carbocycles. The first kappa shape index (κ1) is 13.9. The summed E-state index contributed by atoms with van der Waals surface area (Å²) in [4.78, 5) is 25.4. The zero-order valence-electron chi connectivity index (χ0n) is 10.6. The molecule has 1 aromatic rings. The molecule has 1 saturated heterocycles. The number of carbonyl (C=O) groups excluding carboxylic acids is 2. The first-order chi connectivity index (χ1) is 9.11. The molecular weight excluding hydrogens is 312 g/mol. The van der Waals surface area contributed by atoms with Gasteiger partial charge < -0.3 is 14.6 Å². The molecule has 2 rings (SSSR count). The summed E-state index contributed by atoms with van der Waals surface area (Å²) in [6.45, 7) is 2.93. The van der Waals surface area contributed by atoms with Crippen LogP contribution in [0, 0.1) is 0 Å². The van der Waals surface area contributed by atoms with Crippen LogP contribution in [0.4, 0.5) is 0 Å². The Morgan fingerprint density at radius 2 is 2.42 bits per heavy atom. The quantitative estimate of drug-likeness (QED) is 0.861. The van der Waals surface area contributed by atoms with Crippen LogP contribution in [0.25, 0.3) is 6.08 Å². The molecule has 0 spiro atoms. The van der Waals surface area contributed by atoms with Crippen molar-refractivity contribution in [2.45, 2.75) is 19.4 Å². The fourth-order valence-electron chi connectivity index (χ4n) is 2.05. The van der Waals surface area contributed by atoms with Gasteiger partial charge in [0.1, 0.15) is 11.8 Å². The van der Waals surface area contributed by atoms with Crippen LogP contribution in [0.1, 0.15) is 19.1 Å². The number of hydrogen-bond acceptors (Lipinski definition) is 3. The van der Waals surface area contributed by atoms with Crippen molar-refractivity contribution in [1.29, 1.82) is 0 Å². The Bertz CT molecular complexity index is 510. The maximum absolute atomic E-state index is 12.1. The second-order valence-corrected chi connectivity index (χ2v) is 5.00. The molecule has 19 heavy (non-hydrogen) atoms. The van der Waals surface area contributed by atoms with Gasteiger partial charge in [-0.2, -0.15) is 0 Å². The van der Waals surface area contributed by atoms with E-state index in [1.165, 1.54) is 6.08 Å². The van der Waals surface area contributed by atoms with Gasteiger partial charge in [-0.3, -0.25) is 9.59 Å². The summed E-state index contributed by atoms with van der Waals surface area (Å²) in [7, 11) is 0. The third kappa shape index (κ3) is 3.26.